The molecule has 0 fully saturated rings. The minimum absolute atomic E-state index is 0.0921. The molecule has 0 saturated heterocycles. The number of sulfonamides is 1. The Morgan fingerprint density at radius 3 is 2.38 bits per heavy atom. The summed E-state index contributed by atoms with van der Waals surface area (Å²) in [6.45, 7) is 5.24. The average Bonchev–Trinajstić information content (AvgIpc) is 2.41. The van der Waals surface area contributed by atoms with Crippen LogP contribution in [0.1, 0.15) is 18.1 Å². The van der Waals surface area contributed by atoms with Crippen LogP contribution in [-0.2, 0) is 14.8 Å². The quantitative estimate of drug-likeness (QED) is 0.790. The molecule has 0 aliphatic carbocycles. The highest BCUT2D eigenvalue weighted by atomic mass is 32.2. The van der Waals surface area contributed by atoms with E-state index in [0.29, 0.717) is 11.1 Å². The lowest BCUT2D eigenvalue weighted by Crippen LogP contribution is -2.37. The molecule has 6 nitrogen and oxygen atoms in total. The van der Waals surface area contributed by atoms with Crippen LogP contribution in [0.4, 0.5) is 5.69 Å². The van der Waals surface area contributed by atoms with Gasteiger partial charge in [-0.1, -0.05) is 19.1 Å². The lowest BCUT2D eigenvalue weighted by molar-refractivity contribution is -0.124. The maximum absolute atomic E-state index is 12.7. The van der Waals surface area contributed by atoms with Crippen LogP contribution in [0.25, 0.3) is 0 Å². The molecule has 0 saturated carbocycles. The van der Waals surface area contributed by atoms with E-state index in [2.05, 4.69) is 5.32 Å². The predicted octanol–water partition coefficient (Wildman–Crippen LogP) is 0.888. The Morgan fingerprint density at radius 1 is 1.33 bits per heavy atom. The molecule has 0 aliphatic rings. The number of benzene rings is 1. The summed E-state index contributed by atoms with van der Waals surface area (Å²) in [5.41, 5.74) is 7.51. The highest BCUT2D eigenvalue weighted by molar-refractivity contribution is 7.89. The molecular weight excluding hydrogens is 290 g/mol. The number of nitrogen functional groups attached to an aromatic ring is 1. The van der Waals surface area contributed by atoms with Gasteiger partial charge in [-0.2, -0.15) is 0 Å². The maximum Gasteiger partial charge on any atom is 0.245 e. The molecule has 0 aliphatic heterocycles. The van der Waals surface area contributed by atoms with E-state index in [1.54, 1.807) is 32.9 Å². The number of hydrogen-bond acceptors (Lipinski definition) is 4. The minimum Gasteiger partial charge on any atom is -0.397 e. The van der Waals surface area contributed by atoms with Gasteiger partial charge in [0, 0.05) is 26.6 Å². The Hall–Kier alpha value is -1.60. The van der Waals surface area contributed by atoms with Crippen molar-refractivity contribution in [2.24, 2.45) is 5.92 Å². The highest BCUT2D eigenvalue weighted by Crippen LogP contribution is 2.28. The van der Waals surface area contributed by atoms with Crippen molar-refractivity contribution < 1.29 is 13.2 Å². The molecule has 118 valence electrons. The third-order valence-electron chi connectivity index (χ3n) is 3.50. The van der Waals surface area contributed by atoms with Crippen LogP contribution >= 0.6 is 0 Å². The van der Waals surface area contributed by atoms with Gasteiger partial charge in [-0.15, -0.1) is 0 Å². The van der Waals surface area contributed by atoms with Crippen molar-refractivity contribution in [2.75, 3.05) is 26.4 Å². The largest absolute Gasteiger partial charge is 0.397 e. The molecule has 21 heavy (non-hydrogen) atoms. The molecule has 1 aromatic rings. The minimum atomic E-state index is -3.73. The topological polar surface area (TPSA) is 92.5 Å². The average molecular weight is 313 g/mol. The van der Waals surface area contributed by atoms with Gasteiger partial charge in [0.25, 0.3) is 0 Å². The Kier molecular flexibility index (Phi) is 5.36. The van der Waals surface area contributed by atoms with Crippen LogP contribution in [0.5, 0.6) is 0 Å². The zero-order valence-corrected chi connectivity index (χ0v) is 13.9. The van der Waals surface area contributed by atoms with Gasteiger partial charge in [0.05, 0.1) is 5.69 Å². The van der Waals surface area contributed by atoms with E-state index >= 15 is 0 Å². The predicted molar refractivity (Wildman–Crippen MR) is 83.4 cm³/mol. The Morgan fingerprint density at radius 2 is 1.86 bits per heavy atom. The first-order chi connectivity index (χ1) is 9.62. The smallest absolute Gasteiger partial charge is 0.245 e. The molecule has 0 bridgehead atoms. The summed E-state index contributed by atoms with van der Waals surface area (Å²) in [6, 6.07) is 3.52. The lowest BCUT2D eigenvalue weighted by Gasteiger charge is -2.22. The van der Waals surface area contributed by atoms with Gasteiger partial charge in [-0.25, -0.2) is 12.7 Å². The van der Waals surface area contributed by atoms with Gasteiger partial charge < -0.3 is 11.1 Å². The summed E-state index contributed by atoms with van der Waals surface area (Å²) < 4.78 is 26.5. The highest BCUT2D eigenvalue weighted by Gasteiger charge is 2.28. The number of nitrogens with zero attached hydrogens (tertiary/aromatic N) is 1. The van der Waals surface area contributed by atoms with E-state index in [1.165, 1.54) is 18.4 Å². The fourth-order valence-electron chi connectivity index (χ4n) is 2.12. The normalized spacial score (nSPS) is 13.2. The molecule has 1 unspecified atom stereocenters. The molecule has 3 N–H and O–H groups in total. The maximum atomic E-state index is 12.7. The molecule has 1 rings (SSSR count). The molecule has 7 heteroatoms. The van der Waals surface area contributed by atoms with Crippen molar-refractivity contribution in [1.82, 2.24) is 9.62 Å². The molecule has 1 atom stereocenters. The second-order valence-corrected chi connectivity index (χ2v) is 7.22. The zero-order chi connectivity index (χ0) is 16.4. The van der Waals surface area contributed by atoms with Crippen molar-refractivity contribution in [3.8, 4) is 0 Å². The molecule has 0 aromatic heterocycles. The van der Waals surface area contributed by atoms with Crippen molar-refractivity contribution >= 4 is 21.6 Å². The second kappa shape index (κ2) is 6.44. The van der Waals surface area contributed by atoms with Gasteiger partial charge in [-0.05, 0) is 25.0 Å². The third kappa shape index (κ3) is 3.54. The van der Waals surface area contributed by atoms with Gasteiger partial charge in [0.1, 0.15) is 4.90 Å². The fourth-order valence-corrected chi connectivity index (χ4v) is 3.76. The van der Waals surface area contributed by atoms with E-state index in [4.69, 9.17) is 5.73 Å². The van der Waals surface area contributed by atoms with Gasteiger partial charge in [0.2, 0.25) is 15.9 Å². The van der Waals surface area contributed by atoms with Gasteiger partial charge >= 0.3 is 0 Å². The van der Waals surface area contributed by atoms with Crippen LogP contribution in [0.3, 0.4) is 0 Å². The number of rotatable bonds is 5. The monoisotopic (exact) mass is 313 g/mol. The molecule has 1 amide bonds. The number of amides is 1. The van der Waals surface area contributed by atoms with Crippen LogP contribution in [-0.4, -0.2) is 39.3 Å². The summed E-state index contributed by atoms with van der Waals surface area (Å²) in [5.74, 6) is -0.646. The third-order valence-corrected chi connectivity index (χ3v) is 5.53. The van der Waals surface area contributed by atoms with E-state index in [0.717, 1.165) is 0 Å². The Balaban J connectivity index is 3.18. The second-order valence-electron chi connectivity index (χ2n) is 5.24. The zero-order valence-electron chi connectivity index (χ0n) is 13.1. The van der Waals surface area contributed by atoms with E-state index < -0.39 is 15.9 Å². The number of carbonyl (C=O) groups is 1. The first-order valence-electron chi connectivity index (χ1n) is 6.66. The summed E-state index contributed by atoms with van der Waals surface area (Å²) in [6.07, 6.45) is 0. The number of nitrogens with two attached hydrogens (primary N) is 1. The Bertz CT molecular complexity index is 641. The van der Waals surface area contributed by atoms with Crippen LogP contribution in [0.15, 0.2) is 17.0 Å². The molecule has 0 spiro atoms. The molecular formula is C14H23N3O3S. The van der Waals surface area contributed by atoms with Crippen LogP contribution in [0, 0.1) is 19.8 Å². The summed E-state index contributed by atoms with van der Waals surface area (Å²) in [5, 5.41) is 2.51. The van der Waals surface area contributed by atoms with Crippen LogP contribution < -0.4 is 11.1 Å². The Labute approximate surface area is 126 Å². The number of nitrogens with one attached hydrogen (secondary N) is 1. The van der Waals surface area contributed by atoms with Gasteiger partial charge in [0.15, 0.2) is 0 Å². The SMILES string of the molecule is CNC(=O)C(C)CN(C)S(=O)(=O)c1c(C)ccc(C)c1N. The van der Waals surface area contributed by atoms with Crippen molar-refractivity contribution in [1.29, 1.82) is 0 Å². The van der Waals surface area contributed by atoms with E-state index in [-0.39, 0.29) is 23.0 Å². The molecule has 0 radical (unpaired) electrons. The summed E-state index contributed by atoms with van der Waals surface area (Å²) in [7, 11) is -0.753. The number of hydrogen-bond donors (Lipinski definition) is 2. The fraction of sp³-hybridized carbons (Fsp3) is 0.500. The van der Waals surface area contributed by atoms with Crippen molar-refractivity contribution in [3.05, 3.63) is 23.3 Å². The van der Waals surface area contributed by atoms with E-state index in [1.807, 2.05) is 0 Å². The first-order valence-corrected chi connectivity index (χ1v) is 8.10. The number of aryl methyl sites for hydroxylation is 2. The molecule has 1 aromatic carbocycles. The van der Waals surface area contributed by atoms with Crippen molar-refractivity contribution in [3.63, 3.8) is 0 Å². The summed E-state index contributed by atoms with van der Waals surface area (Å²) in [4.78, 5) is 11.7. The standard InChI is InChI=1S/C14H23N3O3S/c1-9-6-7-10(2)13(12(9)15)21(19,20)17(5)8-11(3)14(18)16-4/h6-7,11H,8,15H2,1-5H3,(H,16,18). The lowest BCUT2D eigenvalue weighted by atomic mass is 10.1. The van der Waals surface area contributed by atoms with E-state index in [9.17, 15) is 13.2 Å². The number of carbonyl (C=O) groups excluding carboxylic acids is 1. The summed E-state index contributed by atoms with van der Waals surface area (Å²) >= 11 is 0. The number of anilines is 1. The molecule has 0 heterocycles. The van der Waals surface area contributed by atoms with Crippen LogP contribution in [0.2, 0.25) is 0 Å². The van der Waals surface area contributed by atoms with Gasteiger partial charge in [-0.3, -0.25) is 4.79 Å². The first kappa shape index (κ1) is 17.5. The van der Waals surface area contributed by atoms with Crippen molar-refractivity contribution in [2.45, 2.75) is 25.7 Å².